The van der Waals surface area contributed by atoms with Crippen LogP contribution < -0.4 is 4.90 Å². The van der Waals surface area contributed by atoms with Crippen molar-refractivity contribution in [3.8, 4) is 6.07 Å². The van der Waals surface area contributed by atoms with Gasteiger partial charge in [-0.05, 0) is 26.5 Å². The molecule has 96 valence electrons. The van der Waals surface area contributed by atoms with E-state index in [0.717, 1.165) is 55.4 Å². The average Bonchev–Trinajstić information content (AvgIpc) is 2.38. The molecule has 1 saturated heterocycles. The van der Waals surface area contributed by atoms with Gasteiger partial charge in [0.25, 0.3) is 0 Å². The zero-order valence-corrected chi connectivity index (χ0v) is 11.4. The number of piperazine rings is 1. The summed E-state index contributed by atoms with van der Waals surface area (Å²) in [4.78, 5) is 9.12. The van der Waals surface area contributed by atoms with Gasteiger partial charge in [0.1, 0.15) is 6.07 Å². The van der Waals surface area contributed by atoms with Gasteiger partial charge in [0.15, 0.2) is 0 Å². The molecule has 4 heteroatoms. The van der Waals surface area contributed by atoms with Crippen molar-refractivity contribution in [1.29, 1.82) is 5.26 Å². The summed E-state index contributed by atoms with van der Waals surface area (Å²) >= 11 is 0. The van der Waals surface area contributed by atoms with Crippen molar-refractivity contribution in [3.05, 3.63) is 23.0 Å². The van der Waals surface area contributed by atoms with Crippen LogP contribution in [0.3, 0.4) is 0 Å². The first-order valence-electron chi connectivity index (χ1n) is 6.51. The fourth-order valence-corrected chi connectivity index (χ4v) is 2.50. The Morgan fingerprint density at radius 2 is 1.94 bits per heavy atom. The van der Waals surface area contributed by atoms with E-state index in [1.807, 2.05) is 19.9 Å². The lowest BCUT2D eigenvalue weighted by molar-refractivity contribution is 0.271. The highest BCUT2D eigenvalue weighted by molar-refractivity contribution is 5.61. The molecule has 1 fully saturated rings. The zero-order chi connectivity index (χ0) is 13.1. The van der Waals surface area contributed by atoms with Crippen molar-refractivity contribution in [2.45, 2.75) is 20.8 Å². The molecule has 0 aromatic carbocycles. The Bertz CT molecular complexity index is 467. The van der Waals surface area contributed by atoms with Gasteiger partial charge in [-0.3, -0.25) is 4.98 Å². The molecule has 0 saturated carbocycles. The van der Waals surface area contributed by atoms with E-state index in [9.17, 15) is 5.26 Å². The summed E-state index contributed by atoms with van der Waals surface area (Å²) < 4.78 is 0. The maximum atomic E-state index is 9.29. The number of nitrogens with zero attached hydrogens (tertiary/aromatic N) is 4. The highest BCUT2D eigenvalue weighted by atomic mass is 15.3. The predicted molar refractivity (Wildman–Crippen MR) is 72.8 cm³/mol. The number of rotatable bonds is 2. The van der Waals surface area contributed by atoms with Gasteiger partial charge >= 0.3 is 0 Å². The monoisotopic (exact) mass is 244 g/mol. The third-order valence-corrected chi connectivity index (χ3v) is 3.58. The number of pyridine rings is 1. The number of aromatic nitrogens is 1. The van der Waals surface area contributed by atoms with Crippen LogP contribution in [0.5, 0.6) is 0 Å². The van der Waals surface area contributed by atoms with Crippen molar-refractivity contribution in [3.63, 3.8) is 0 Å². The summed E-state index contributed by atoms with van der Waals surface area (Å²) in [5, 5.41) is 9.29. The molecular formula is C14H20N4. The maximum Gasteiger partial charge on any atom is 0.103 e. The molecule has 1 aliphatic heterocycles. The molecule has 4 nitrogen and oxygen atoms in total. The van der Waals surface area contributed by atoms with Crippen molar-refractivity contribution in [2.24, 2.45) is 0 Å². The van der Waals surface area contributed by atoms with E-state index in [2.05, 4.69) is 27.8 Å². The minimum Gasteiger partial charge on any atom is -0.368 e. The molecule has 0 aliphatic carbocycles. The quantitative estimate of drug-likeness (QED) is 0.794. The van der Waals surface area contributed by atoms with Gasteiger partial charge in [-0.2, -0.15) is 5.26 Å². The van der Waals surface area contributed by atoms with E-state index in [4.69, 9.17) is 0 Å². The maximum absolute atomic E-state index is 9.29. The molecule has 0 radical (unpaired) electrons. The van der Waals surface area contributed by atoms with Gasteiger partial charge in [0.2, 0.25) is 0 Å². The molecule has 0 N–H and O–H groups in total. The fourth-order valence-electron chi connectivity index (χ4n) is 2.50. The lowest BCUT2D eigenvalue weighted by Crippen LogP contribution is -2.46. The molecular weight excluding hydrogens is 224 g/mol. The molecule has 1 aromatic rings. The van der Waals surface area contributed by atoms with Crippen molar-refractivity contribution < 1.29 is 0 Å². The van der Waals surface area contributed by atoms with Crippen LogP contribution in [-0.4, -0.2) is 42.6 Å². The minimum atomic E-state index is 0.727. The lowest BCUT2D eigenvalue weighted by atomic mass is 10.1. The Labute approximate surface area is 109 Å². The van der Waals surface area contributed by atoms with Crippen LogP contribution in [0, 0.1) is 25.2 Å². The first-order chi connectivity index (χ1) is 8.65. The molecule has 18 heavy (non-hydrogen) atoms. The average molecular weight is 244 g/mol. The second kappa shape index (κ2) is 5.36. The summed E-state index contributed by atoms with van der Waals surface area (Å²) in [7, 11) is 0. The van der Waals surface area contributed by atoms with E-state index in [1.165, 1.54) is 0 Å². The van der Waals surface area contributed by atoms with E-state index in [1.54, 1.807) is 0 Å². The van der Waals surface area contributed by atoms with Gasteiger partial charge in [-0.1, -0.05) is 6.92 Å². The second-order valence-electron chi connectivity index (χ2n) is 4.78. The molecule has 2 heterocycles. The van der Waals surface area contributed by atoms with Crippen LogP contribution in [0.1, 0.15) is 23.9 Å². The largest absolute Gasteiger partial charge is 0.368 e. The van der Waals surface area contributed by atoms with Gasteiger partial charge in [-0.15, -0.1) is 0 Å². The Hall–Kier alpha value is -1.60. The second-order valence-corrected chi connectivity index (χ2v) is 4.78. The van der Waals surface area contributed by atoms with E-state index in [0.29, 0.717) is 0 Å². The highest BCUT2D eigenvalue weighted by Gasteiger charge is 2.19. The first kappa shape index (κ1) is 12.8. The van der Waals surface area contributed by atoms with Crippen molar-refractivity contribution >= 4 is 5.69 Å². The number of hydrogen-bond acceptors (Lipinski definition) is 4. The molecule has 0 unspecified atom stereocenters. The van der Waals surface area contributed by atoms with E-state index in [-0.39, 0.29) is 0 Å². The number of anilines is 1. The lowest BCUT2D eigenvalue weighted by Gasteiger charge is -2.36. The molecule has 0 spiro atoms. The van der Waals surface area contributed by atoms with Crippen LogP contribution in [0.15, 0.2) is 6.07 Å². The zero-order valence-electron chi connectivity index (χ0n) is 11.4. The van der Waals surface area contributed by atoms with Crippen LogP contribution in [0.2, 0.25) is 0 Å². The van der Waals surface area contributed by atoms with Gasteiger partial charge in [-0.25, -0.2) is 0 Å². The first-order valence-corrected chi connectivity index (χ1v) is 6.51. The van der Waals surface area contributed by atoms with Crippen molar-refractivity contribution in [2.75, 3.05) is 37.6 Å². The molecule has 0 atom stereocenters. The van der Waals surface area contributed by atoms with Crippen LogP contribution >= 0.6 is 0 Å². The summed E-state index contributed by atoms with van der Waals surface area (Å²) in [6.07, 6.45) is 0. The Morgan fingerprint density at radius 1 is 1.28 bits per heavy atom. The SMILES string of the molecule is CCN1CCN(c2cc(C)nc(C)c2C#N)CC1. The van der Waals surface area contributed by atoms with E-state index < -0.39 is 0 Å². The minimum absolute atomic E-state index is 0.727. The smallest absolute Gasteiger partial charge is 0.103 e. The molecule has 2 rings (SSSR count). The molecule has 1 aromatic heterocycles. The molecule has 0 bridgehead atoms. The van der Waals surface area contributed by atoms with Crippen molar-refractivity contribution in [1.82, 2.24) is 9.88 Å². The van der Waals surface area contributed by atoms with Gasteiger partial charge in [0, 0.05) is 31.9 Å². The Kier molecular flexibility index (Phi) is 3.83. The highest BCUT2D eigenvalue weighted by Crippen LogP contribution is 2.24. The number of aryl methyl sites for hydroxylation is 2. The summed E-state index contributed by atoms with van der Waals surface area (Å²) in [5.41, 5.74) is 3.61. The van der Waals surface area contributed by atoms with Gasteiger partial charge < -0.3 is 9.80 Å². The third-order valence-electron chi connectivity index (χ3n) is 3.58. The van der Waals surface area contributed by atoms with Gasteiger partial charge in [0.05, 0.1) is 16.9 Å². The predicted octanol–water partition coefficient (Wildman–Crippen LogP) is 1.71. The number of likely N-dealkylation sites (N-methyl/N-ethyl adjacent to an activating group) is 1. The Morgan fingerprint density at radius 3 is 2.50 bits per heavy atom. The molecule has 0 amide bonds. The Balaban J connectivity index is 2.26. The summed E-state index contributed by atoms with van der Waals surface area (Å²) in [6, 6.07) is 4.33. The fraction of sp³-hybridized carbons (Fsp3) is 0.571. The molecule has 1 aliphatic rings. The standard InChI is InChI=1S/C14H20N4/c1-4-17-5-7-18(8-6-17)14-9-11(2)16-12(3)13(14)10-15/h9H,4-8H2,1-3H3. The summed E-state index contributed by atoms with van der Waals surface area (Å²) in [5.74, 6) is 0. The van der Waals surface area contributed by atoms with Crippen LogP contribution in [-0.2, 0) is 0 Å². The number of nitriles is 1. The third kappa shape index (κ3) is 2.46. The summed E-state index contributed by atoms with van der Waals surface area (Å²) in [6.45, 7) is 11.3. The van der Waals surface area contributed by atoms with Crippen LogP contribution in [0.4, 0.5) is 5.69 Å². The van der Waals surface area contributed by atoms with E-state index >= 15 is 0 Å². The topological polar surface area (TPSA) is 43.2 Å². The normalized spacial score (nSPS) is 16.7. The number of hydrogen-bond donors (Lipinski definition) is 0. The van der Waals surface area contributed by atoms with Crippen LogP contribution in [0.25, 0.3) is 0 Å².